The first-order chi connectivity index (χ1) is 7.24. The first-order valence-electron chi connectivity index (χ1n) is 4.78. The quantitative estimate of drug-likeness (QED) is 0.696. The van der Waals surface area contributed by atoms with Gasteiger partial charge >= 0.3 is 0 Å². The normalized spacial score (nSPS) is 10.3. The molecule has 2 aromatic carbocycles. The molecule has 0 heterocycles. The molecule has 0 N–H and O–H groups in total. The Morgan fingerprint density at radius 3 is 2.60 bits per heavy atom. The second kappa shape index (κ2) is 3.73. The number of ether oxygens (including phenoxy) is 1. The third-order valence-corrected chi connectivity index (χ3v) is 2.51. The molecule has 0 atom stereocenters. The van der Waals surface area contributed by atoms with Gasteiger partial charge in [0.2, 0.25) is 0 Å². The highest BCUT2D eigenvalue weighted by atomic mass is 16.5. The SMILES string of the molecule is COc1cc2cc(C=O)ccc2cc1C. The van der Waals surface area contributed by atoms with Crippen LogP contribution in [0.2, 0.25) is 0 Å². The minimum absolute atomic E-state index is 0.688. The number of hydrogen-bond donors (Lipinski definition) is 0. The van der Waals surface area contributed by atoms with Gasteiger partial charge in [-0.05, 0) is 41.5 Å². The first-order valence-corrected chi connectivity index (χ1v) is 4.78. The monoisotopic (exact) mass is 200 g/mol. The first kappa shape index (κ1) is 9.71. The number of methoxy groups -OCH3 is 1. The number of carbonyl (C=O) groups is 1. The summed E-state index contributed by atoms with van der Waals surface area (Å²) in [5.41, 5.74) is 1.79. The molecule has 0 bridgehead atoms. The zero-order chi connectivity index (χ0) is 10.8. The Labute approximate surface area is 88.5 Å². The molecule has 0 saturated carbocycles. The highest BCUT2D eigenvalue weighted by Crippen LogP contribution is 2.25. The lowest BCUT2D eigenvalue weighted by atomic mass is 10.0. The van der Waals surface area contributed by atoms with Gasteiger partial charge < -0.3 is 4.74 Å². The largest absolute Gasteiger partial charge is 0.496 e. The third kappa shape index (κ3) is 1.71. The van der Waals surface area contributed by atoms with Gasteiger partial charge in [0.25, 0.3) is 0 Å². The van der Waals surface area contributed by atoms with Crippen molar-refractivity contribution in [3.8, 4) is 5.75 Å². The maximum absolute atomic E-state index is 10.6. The van der Waals surface area contributed by atoms with Crippen molar-refractivity contribution in [1.29, 1.82) is 0 Å². The molecule has 0 aromatic heterocycles. The zero-order valence-corrected chi connectivity index (χ0v) is 8.78. The molecule has 0 radical (unpaired) electrons. The van der Waals surface area contributed by atoms with Crippen LogP contribution in [-0.2, 0) is 0 Å². The molecule has 2 nitrogen and oxygen atoms in total. The summed E-state index contributed by atoms with van der Waals surface area (Å²) in [7, 11) is 1.65. The second-order valence-corrected chi connectivity index (χ2v) is 3.55. The third-order valence-electron chi connectivity index (χ3n) is 2.51. The molecule has 0 unspecified atom stereocenters. The predicted molar refractivity (Wildman–Crippen MR) is 60.6 cm³/mol. The van der Waals surface area contributed by atoms with E-state index in [1.165, 1.54) is 0 Å². The summed E-state index contributed by atoms with van der Waals surface area (Å²) in [6.45, 7) is 2.01. The van der Waals surface area contributed by atoms with Gasteiger partial charge in [0.05, 0.1) is 7.11 Å². The van der Waals surface area contributed by atoms with Gasteiger partial charge in [-0.1, -0.05) is 12.1 Å². The molecule has 0 spiro atoms. The lowest BCUT2D eigenvalue weighted by molar-refractivity contribution is 0.112. The van der Waals surface area contributed by atoms with E-state index in [0.717, 1.165) is 28.4 Å². The number of rotatable bonds is 2. The van der Waals surface area contributed by atoms with Crippen LogP contribution in [0, 0.1) is 6.92 Å². The Kier molecular flexibility index (Phi) is 2.42. The highest BCUT2D eigenvalue weighted by molar-refractivity contribution is 5.90. The van der Waals surface area contributed by atoms with E-state index in [4.69, 9.17) is 4.74 Å². The number of hydrogen-bond acceptors (Lipinski definition) is 2. The lowest BCUT2D eigenvalue weighted by Crippen LogP contribution is -1.88. The summed E-state index contributed by atoms with van der Waals surface area (Å²) in [5.74, 6) is 0.852. The van der Waals surface area contributed by atoms with E-state index in [0.29, 0.717) is 5.56 Å². The van der Waals surface area contributed by atoms with E-state index in [1.54, 1.807) is 7.11 Å². The fourth-order valence-corrected chi connectivity index (χ4v) is 1.70. The van der Waals surface area contributed by atoms with Gasteiger partial charge in [-0.3, -0.25) is 4.79 Å². The number of benzene rings is 2. The van der Waals surface area contributed by atoms with Gasteiger partial charge in [-0.25, -0.2) is 0 Å². The Morgan fingerprint density at radius 1 is 1.13 bits per heavy atom. The van der Waals surface area contributed by atoms with Crippen molar-refractivity contribution in [3.05, 3.63) is 41.5 Å². The topological polar surface area (TPSA) is 26.3 Å². The van der Waals surface area contributed by atoms with E-state index in [9.17, 15) is 4.79 Å². The van der Waals surface area contributed by atoms with Crippen LogP contribution in [-0.4, -0.2) is 13.4 Å². The Balaban J connectivity index is 2.71. The summed E-state index contributed by atoms with van der Waals surface area (Å²) in [5, 5.41) is 2.15. The highest BCUT2D eigenvalue weighted by Gasteiger charge is 2.02. The molecule has 2 rings (SSSR count). The second-order valence-electron chi connectivity index (χ2n) is 3.55. The van der Waals surface area contributed by atoms with Crippen LogP contribution >= 0.6 is 0 Å². The standard InChI is InChI=1S/C13H12O2/c1-9-5-11-4-3-10(8-14)6-12(11)7-13(9)15-2/h3-8H,1-2H3. The molecule has 0 saturated heterocycles. The maximum atomic E-state index is 10.6. The van der Waals surface area contributed by atoms with Crippen LogP contribution in [0.5, 0.6) is 5.75 Å². The smallest absolute Gasteiger partial charge is 0.150 e. The van der Waals surface area contributed by atoms with Crippen molar-refractivity contribution in [3.63, 3.8) is 0 Å². The zero-order valence-electron chi connectivity index (χ0n) is 8.78. The van der Waals surface area contributed by atoms with E-state index < -0.39 is 0 Å². The van der Waals surface area contributed by atoms with Crippen LogP contribution < -0.4 is 4.74 Å². The fourth-order valence-electron chi connectivity index (χ4n) is 1.70. The Hall–Kier alpha value is -1.83. The summed E-state index contributed by atoms with van der Waals surface area (Å²) < 4.78 is 5.24. The van der Waals surface area contributed by atoms with Crippen molar-refractivity contribution >= 4 is 17.1 Å². The summed E-state index contributed by atoms with van der Waals surface area (Å²) in [6, 6.07) is 9.65. The summed E-state index contributed by atoms with van der Waals surface area (Å²) in [6.07, 6.45) is 0.853. The number of aldehydes is 1. The van der Waals surface area contributed by atoms with Crippen molar-refractivity contribution in [2.24, 2.45) is 0 Å². The van der Waals surface area contributed by atoms with Crippen molar-refractivity contribution < 1.29 is 9.53 Å². The molecule has 2 aromatic rings. The molecule has 15 heavy (non-hydrogen) atoms. The lowest BCUT2D eigenvalue weighted by Gasteiger charge is -2.06. The Morgan fingerprint density at radius 2 is 1.93 bits per heavy atom. The van der Waals surface area contributed by atoms with Crippen LogP contribution in [0.4, 0.5) is 0 Å². The van der Waals surface area contributed by atoms with E-state index >= 15 is 0 Å². The summed E-state index contributed by atoms with van der Waals surface area (Å²) in [4.78, 5) is 10.6. The number of fused-ring (bicyclic) bond motifs is 1. The van der Waals surface area contributed by atoms with E-state index in [1.807, 2.05) is 31.2 Å². The molecular formula is C13H12O2. The molecule has 0 amide bonds. The maximum Gasteiger partial charge on any atom is 0.150 e. The minimum Gasteiger partial charge on any atom is -0.496 e. The van der Waals surface area contributed by atoms with Crippen LogP contribution in [0.1, 0.15) is 15.9 Å². The molecule has 0 aliphatic heterocycles. The summed E-state index contributed by atoms with van der Waals surface area (Å²) >= 11 is 0. The van der Waals surface area contributed by atoms with E-state index in [2.05, 4.69) is 6.07 Å². The van der Waals surface area contributed by atoms with Gasteiger partial charge in [-0.2, -0.15) is 0 Å². The van der Waals surface area contributed by atoms with Crippen molar-refractivity contribution in [2.45, 2.75) is 6.92 Å². The van der Waals surface area contributed by atoms with Crippen molar-refractivity contribution in [2.75, 3.05) is 7.11 Å². The molecule has 0 aliphatic carbocycles. The molecule has 76 valence electrons. The molecule has 2 heteroatoms. The van der Waals surface area contributed by atoms with Gasteiger partial charge in [-0.15, -0.1) is 0 Å². The Bertz CT molecular complexity index is 515. The van der Waals surface area contributed by atoms with Gasteiger partial charge in [0, 0.05) is 5.56 Å². The van der Waals surface area contributed by atoms with Crippen LogP contribution in [0.25, 0.3) is 10.8 Å². The average molecular weight is 200 g/mol. The fraction of sp³-hybridized carbons (Fsp3) is 0.154. The predicted octanol–water partition coefficient (Wildman–Crippen LogP) is 2.97. The van der Waals surface area contributed by atoms with Gasteiger partial charge in [0.15, 0.2) is 0 Å². The van der Waals surface area contributed by atoms with Crippen molar-refractivity contribution in [1.82, 2.24) is 0 Å². The number of carbonyl (C=O) groups excluding carboxylic acids is 1. The molecule has 0 fully saturated rings. The molecule has 0 aliphatic rings. The van der Waals surface area contributed by atoms with Gasteiger partial charge in [0.1, 0.15) is 12.0 Å². The van der Waals surface area contributed by atoms with E-state index in [-0.39, 0.29) is 0 Å². The number of aryl methyl sites for hydroxylation is 1. The average Bonchev–Trinajstić information content (AvgIpc) is 2.27. The van der Waals surface area contributed by atoms with Crippen LogP contribution in [0.15, 0.2) is 30.3 Å². The minimum atomic E-state index is 0.688. The molecular weight excluding hydrogens is 188 g/mol. The van der Waals surface area contributed by atoms with Crippen LogP contribution in [0.3, 0.4) is 0 Å².